The van der Waals surface area contributed by atoms with Crippen molar-refractivity contribution in [1.82, 2.24) is 20.2 Å². The molecule has 9 nitrogen and oxygen atoms in total. The second-order valence-corrected chi connectivity index (χ2v) is 17.3. The lowest BCUT2D eigenvalue weighted by atomic mass is 9.77. The molecule has 2 aromatic carbocycles. The Labute approximate surface area is 275 Å². The molecule has 2 atom stereocenters. The van der Waals surface area contributed by atoms with E-state index in [1.807, 2.05) is 25.1 Å². The number of fused-ring (bicyclic) bond motifs is 3. The molecule has 4 aromatic rings. The van der Waals surface area contributed by atoms with Crippen LogP contribution in [0, 0.1) is 6.92 Å². The summed E-state index contributed by atoms with van der Waals surface area (Å²) in [6.45, 7) is 4.22. The minimum Gasteiger partial charge on any atom is -0.360 e. The van der Waals surface area contributed by atoms with E-state index in [9.17, 15) is 13.2 Å². The van der Waals surface area contributed by atoms with Crippen LogP contribution in [0.5, 0.6) is 0 Å². The summed E-state index contributed by atoms with van der Waals surface area (Å²) in [6, 6.07) is 10.1. The molecule has 4 heterocycles. The number of rotatable bonds is 9. The predicted molar refractivity (Wildman–Crippen MR) is 177 cm³/mol. The third-order valence-corrected chi connectivity index (χ3v) is 13.8. The third-order valence-electron chi connectivity index (χ3n) is 9.97. The normalized spacial score (nSPS) is 23.6. The van der Waals surface area contributed by atoms with E-state index >= 15 is 0 Å². The highest BCUT2D eigenvalue weighted by Gasteiger charge is 2.51. The van der Waals surface area contributed by atoms with Gasteiger partial charge in [0.15, 0.2) is 5.13 Å². The quantitative estimate of drug-likeness (QED) is 0.194. The Morgan fingerprint density at radius 2 is 1.84 bits per heavy atom. The average Bonchev–Trinajstić information content (AvgIpc) is 3.90. The van der Waals surface area contributed by atoms with E-state index in [1.165, 1.54) is 0 Å². The fraction of sp³-hybridized carbons (Fsp3) is 0.469. The topological polar surface area (TPSA) is 117 Å². The summed E-state index contributed by atoms with van der Waals surface area (Å²) in [5.74, 6) is 0.753. The van der Waals surface area contributed by atoms with E-state index in [2.05, 4.69) is 20.1 Å². The van der Waals surface area contributed by atoms with Gasteiger partial charge in [-0.05, 0) is 88.6 Å². The zero-order valence-electron chi connectivity index (χ0n) is 24.9. The monoisotopic (exact) mass is 685 g/mol. The summed E-state index contributed by atoms with van der Waals surface area (Å²) < 4.78 is 33.4. The number of nitrogens with one attached hydrogen (secondary N) is 2. The maximum atomic E-state index is 12.9. The van der Waals surface area contributed by atoms with Crippen LogP contribution in [0.4, 0.5) is 5.13 Å². The van der Waals surface area contributed by atoms with Crippen LogP contribution in [0.1, 0.15) is 85.0 Å². The number of hydrogen-bond acceptors (Lipinski definition) is 9. The van der Waals surface area contributed by atoms with E-state index in [1.54, 1.807) is 30.4 Å². The van der Waals surface area contributed by atoms with Crippen molar-refractivity contribution in [3.8, 4) is 11.3 Å². The second kappa shape index (κ2) is 10.7. The van der Waals surface area contributed by atoms with Gasteiger partial charge in [-0.2, -0.15) is 0 Å². The Kier molecular flexibility index (Phi) is 7.04. The van der Waals surface area contributed by atoms with Crippen molar-refractivity contribution in [1.29, 1.82) is 0 Å². The Hall–Kier alpha value is -2.70. The molecular weight excluding hydrogens is 653 g/mol. The van der Waals surface area contributed by atoms with Gasteiger partial charge in [0.2, 0.25) is 10.0 Å². The lowest BCUT2D eigenvalue weighted by molar-refractivity contribution is 0.0981. The van der Waals surface area contributed by atoms with Gasteiger partial charge in [0, 0.05) is 47.3 Å². The van der Waals surface area contributed by atoms with Crippen LogP contribution in [0.15, 0.2) is 34.9 Å². The molecule has 2 unspecified atom stereocenters. The van der Waals surface area contributed by atoms with Gasteiger partial charge >= 0.3 is 0 Å². The number of hydrogen-bond donors (Lipinski definition) is 2. The van der Waals surface area contributed by atoms with E-state index in [0.29, 0.717) is 59.0 Å². The summed E-state index contributed by atoms with van der Waals surface area (Å²) in [5, 5.41) is 10.3. The highest BCUT2D eigenvalue weighted by molar-refractivity contribution is 7.91. The van der Waals surface area contributed by atoms with Crippen molar-refractivity contribution in [2.75, 3.05) is 4.90 Å². The highest BCUT2D eigenvalue weighted by atomic mass is 35.5. The van der Waals surface area contributed by atoms with E-state index in [4.69, 9.17) is 32.7 Å². The zero-order chi connectivity index (χ0) is 31.2. The fourth-order valence-corrected chi connectivity index (χ4v) is 9.91. The maximum Gasteiger partial charge on any atom is 0.264 e. The molecule has 9 rings (SSSR count). The van der Waals surface area contributed by atoms with Crippen LogP contribution in [-0.2, 0) is 16.6 Å². The number of amides is 1. The molecule has 2 saturated heterocycles. The first-order valence-corrected chi connectivity index (χ1v) is 18.5. The number of halogens is 2. The first kappa shape index (κ1) is 29.7. The SMILES string of the molecule is Cc1cc(C(=O)NS(=O)(=O)C2(C)CC2)cc2sc(N3C4CC(NCc5c(-c6c(Cl)cccc6Cl)noc5C5CC5)CC3C4)nc12. The molecule has 2 bridgehead atoms. The molecule has 2 N–H and O–H groups in total. The maximum absolute atomic E-state index is 12.9. The Bertz CT molecular complexity index is 1930. The number of sulfonamides is 1. The Morgan fingerprint density at radius 3 is 2.51 bits per heavy atom. The molecule has 45 heavy (non-hydrogen) atoms. The van der Waals surface area contributed by atoms with E-state index in [-0.39, 0.29) is 0 Å². The Balaban J connectivity index is 0.969. The number of nitrogens with zero attached hydrogens (tertiary/aromatic N) is 3. The van der Waals surface area contributed by atoms with E-state index < -0.39 is 20.7 Å². The number of carbonyl (C=O) groups is 1. The van der Waals surface area contributed by atoms with Crippen molar-refractivity contribution in [3.63, 3.8) is 0 Å². The number of anilines is 1. The molecular formula is C32H33Cl2N5O4S2. The Morgan fingerprint density at radius 1 is 1.13 bits per heavy atom. The number of thiazole rings is 1. The summed E-state index contributed by atoms with van der Waals surface area (Å²) in [7, 11) is -3.71. The van der Waals surface area contributed by atoms with Crippen LogP contribution in [0.3, 0.4) is 0 Å². The number of aromatic nitrogens is 2. The van der Waals surface area contributed by atoms with Gasteiger partial charge in [0.25, 0.3) is 5.91 Å². The van der Waals surface area contributed by atoms with Crippen LogP contribution >= 0.6 is 34.5 Å². The van der Waals surface area contributed by atoms with Crippen LogP contribution in [0.25, 0.3) is 21.5 Å². The number of carbonyl (C=O) groups excluding carboxylic acids is 1. The van der Waals surface area contributed by atoms with Gasteiger partial charge in [-0.15, -0.1) is 0 Å². The first-order valence-electron chi connectivity index (χ1n) is 15.4. The second-order valence-electron chi connectivity index (χ2n) is 13.3. The molecule has 0 radical (unpaired) electrons. The lowest BCUT2D eigenvalue weighted by Crippen LogP contribution is -2.64. The predicted octanol–water partition coefficient (Wildman–Crippen LogP) is 6.96. The zero-order valence-corrected chi connectivity index (χ0v) is 28.0. The standard InChI is InChI=1S/C32H33Cl2N5O4S2/c1-16-10-18(30(40)38-45(41,42)32(2)8-9-32)11-25-27(16)36-31(44-25)39-20-12-19(13-21(39)14-20)35-15-22-28(37-43-29(22)17-6-7-17)26-23(33)4-3-5-24(26)34/h3-5,10-11,17,19-21,35H,6-9,12-15H2,1-2H3,(H,38,40). The molecule has 3 aliphatic carbocycles. The average molecular weight is 687 g/mol. The number of aryl methyl sites for hydroxylation is 1. The van der Waals surface area contributed by atoms with Crippen LogP contribution < -0.4 is 14.9 Å². The highest BCUT2D eigenvalue weighted by Crippen LogP contribution is 2.48. The van der Waals surface area contributed by atoms with Crippen molar-refractivity contribution in [2.24, 2.45) is 0 Å². The summed E-state index contributed by atoms with van der Waals surface area (Å²) >= 11 is 14.7. The summed E-state index contributed by atoms with van der Waals surface area (Å²) in [6.07, 6.45) is 6.45. The van der Waals surface area contributed by atoms with Crippen molar-refractivity contribution in [2.45, 2.75) is 94.1 Å². The molecule has 2 aliphatic heterocycles. The molecule has 1 amide bonds. The lowest BCUT2D eigenvalue weighted by Gasteiger charge is -2.55. The molecule has 13 heteroatoms. The molecule has 5 fully saturated rings. The van der Waals surface area contributed by atoms with E-state index in [0.717, 1.165) is 75.6 Å². The summed E-state index contributed by atoms with van der Waals surface area (Å²) in [4.78, 5) is 20.3. The van der Waals surface area contributed by atoms with Gasteiger partial charge in [-0.1, -0.05) is 45.8 Å². The molecule has 0 spiro atoms. The smallest absolute Gasteiger partial charge is 0.264 e. The minimum atomic E-state index is -3.71. The third kappa shape index (κ3) is 5.15. The van der Waals surface area contributed by atoms with Gasteiger partial charge in [0.05, 0.1) is 25.0 Å². The van der Waals surface area contributed by atoms with Crippen molar-refractivity contribution in [3.05, 3.63) is 62.8 Å². The van der Waals surface area contributed by atoms with Crippen molar-refractivity contribution >= 4 is 65.8 Å². The molecule has 236 valence electrons. The van der Waals surface area contributed by atoms with Crippen LogP contribution in [0.2, 0.25) is 10.0 Å². The van der Waals surface area contributed by atoms with Gasteiger partial charge in [0.1, 0.15) is 11.5 Å². The van der Waals surface area contributed by atoms with Crippen molar-refractivity contribution < 1.29 is 17.7 Å². The van der Waals surface area contributed by atoms with Gasteiger partial charge in [-0.3, -0.25) is 4.79 Å². The molecule has 2 aromatic heterocycles. The molecule has 3 saturated carbocycles. The van der Waals surface area contributed by atoms with Crippen LogP contribution in [-0.4, -0.2) is 47.3 Å². The minimum absolute atomic E-state index is 0.336. The number of piperidine rings is 1. The fourth-order valence-electron chi connectivity index (χ4n) is 6.85. The largest absolute Gasteiger partial charge is 0.360 e. The molecule has 5 aliphatic rings. The van der Waals surface area contributed by atoms with Gasteiger partial charge in [-0.25, -0.2) is 18.1 Å². The van der Waals surface area contributed by atoms with Gasteiger partial charge < -0.3 is 14.7 Å². The number of benzene rings is 2. The first-order chi connectivity index (χ1) is 21.5. The summed E-state index contributed by atoms with van der Waals surface area (Å²) in [5.41, 5.74) is 4.54.